The van der Waals surface area contributed by atoms with Gasteiger partial charge >= 0.3 is 5.97 Å². The summed E-state index contributed by atoms with van der Waals surface area (Å²) in [5, 5.41) is 13.6. The van der Waals surface area contributed by atoms with Crippen molar-refractivity contribution in [1.29, 1.82) is 0 Å². The smallest absolute Gasteiger partial charge is 0.377 e. The molecule has 0 aromatic heterocycles. The van der Waals surface area contributed by atoms with Crippen molar-refractivity contribution in [3.05, 3.63) is 69.6 Å². The first kappa shape index (κ1) is 31.8. The van der Waals surface area contributed by atoms with Gasteiger partial charge < -0.3 is 35.1 Å². The highest BCUT2D eigenvalue weighted by Crippen LogP contribution is 2.32. The molecule has 12 heteroatoms. The minimum absolute atomic E-state index is 0.0593. The van der Waals surface area contributed by atoms with Crippen molar-refractivity contribution in [3.8, 4) is 11.5 Å². The zero-order chi connectivity index (χ0) is 28.3. The number of thioether (sulfide) groups is 1. The minimum atomic E-state index is -1.19. The number of para-hydroxylation sites is 1. The molecule has 0 radical (unpaired) electrons. The summed E-state index contributed by atoms with van der Waals surface area (Å²) in [5.41, 5.74) is 6.39. The number of carbonyl (C=O) groups excluding carboxylic acids is 2. The number of halogens is 1. The van der Waals surface area contributed by atoms with Crippen molar-refractivity contribution in [1.82, 2.24) is 0 Å². The summed E-state index contributed by atoms with van der Waals surface area (Å²) in [5.74, 6) is -1.07. The third-order valence-electron chi connectivity index (χ3n) is 4.87. The van der Waals surface area contributed by atoms with Gasteiger partial charge in [-0.25, -0.2) is 9.74 Å². The topological polar surface area (TPSA) is 139 Å². The Bertz CT molecular complexity index is 1100. The molecule has 0 unspecified atom stereocenters. The molecule has 39 heavy (non-hydrogen) atoms. The first-order chi connectivity index (χ1) is 19.0. The van der Waals surface area contributed by atoms with Crippen LogP contribution in [0.15, 0.2) is 64.0 Å². The van der Waals surface area contributed by atoms with Crippen molar-refractivity contribution in [2.45, 2.75) is 6.92 Å². The van der Waals surface area contributed by atoms with Gasteiger partial charge in [0.1, 0.15) is 6.61 Å². The van der Waals surface area contributed by atoms with E-state index in [0.717, 1.165) is 11.8 Å². The summed E-state index contributed by atoms with van der Waals surface area (Å²) in [4.78, 5) is 27.1. The molecule has 10 nitrogen and oxygen atoms in total. The van der Waals surface area contributed by atoms with E-state index in [2.05, 4.69) is 10.3 Å². The van der Waals surface area contributed by atoms with Gasteiger partial charge in [-0.15, -0.1) is 0 Å². The number of allylic oxidation sites excluding steroid dienone is 1. The molecule has 212 valence electrons. The maximum atomic E-state index is 12.5. The Labute approximate surface area is 230 Å². The molecule has 0 atom stereocenters. The predicted molar refractivity (Wildman–Crippen MR) is 147 cm³/mol. The molecule has 4 N–H and O–H groups in total. The van der Waals surface area contributed by atoms with Gasteiger partial charge in [0.2, 0.25) is 0 Å². The number of hydrogen-bond acceptors (Lipinski definition) is 11. The zero-order valence-electron chi connectivity index (χ0n) is 21.6. The van der Waals surface area contributed by atoms with E-state index in [-0.39, 0.29) is 33.6 Å². The standard InChI is InChI=1S/C27H33FN2O8S/c1-20(27(33)38-28)26(30-22-5-3-2-4-6-22)39-23(19-31)17-21-7-8-25(24(32)18-21)37-16-15-36-14-13-35-12-11-34-10-9-29/h2-8,17-19,30,32H,9-16,29H2,1H3/b23-17-,26-20+. The highest BCUT2D eigenvalue weighted by molar-refractivity contribution is 8.07. The van der Waals surface area contributed by atoms with E-state index in [4.69, 9.17) is 24.7 Å². The van der Waals surface area contributed by atoms with Crippen molar-refractivity contribution < 1.29 is 43.1 Å². The van der Waals surface area contributed by atoms with Gasteiger partial charge in [-0.05, 0) is 42.8 Å². The molecule has 2 aromatic carbocycles. The fourth-order valence-electron chi connectivity index (χ4n) is 2.95. The van der Waals surface area contributed by atoms with E-state index in [1.54, 1.807) is 36.4 Å². The van der Waals surface area contributed by atoms with Crippen molar-refractivity contribution in [2.24, 2.45) is 5.73 Å². The second-order valence-corrected chi connectivity index (χ2v) is 8.86. The minimum Gasteiger partial charge on any atom is -0.504 e. The van der Waals surface area contributed by atoms with Gasteiger partial charge in [0.25, 0.3) is 0 Å². The van der Waals surface area contributed by atoms with Gasteiger partial charge in [-0.1, -0.05) is 36.0 Å². The normalized spacial score (nSPS) is 12.0. The van der Waals surface area contributed by atoms with Crippen LogP contribution in [-0.4, -0.2) is 70.2 Å². The Morgan fingerprint density at radius 1 is 1.00 bits per heavy atom. The maximum Gasteiger partial charge on any atom is 0.377 e. The summed E-state index contributed by atoms with van der Waals surface area (Å²) < 4.78 is 34.1. The van der Waals surface area contributed by atoms with Gasteiger partial charge in [0.15, 0.2) is 17.8 Å². The van der Waals surface area contributed by atoms with Crippen LogP contribution in [0.5, 0.6) is 11.5 Å². The Hall–Kier alpha value is -3.42. The lowest BCUT2D eigenvalue weighted by molar-refractivity contribution is -0.178. The number of anilines is 1. The lowest BCUT2D eigenvalue weighted by Crippen LogP contribution is -2.14. The molecule has 0 amide bonds. The number of nitrogens with two attached hydrogens (primary N) is 1. The lowest BCUT2D eigenvalue weighted by Gasteiger charge is -2.13. The molecular formula is C27H33FN2O8S. The summed E-state index contributed by atoms with van der Waals surface area (Å²) in [6.45, 7) is 4.61. The van der Waals surface area contributed by atoms with Crippen molar-refractivity contribution >= 4 is 35.8 Å². The Kier molecular flexibility index (Phi) is 15.3. The van der Waals surface area contributed by atoms with Gasteiger partial charge in [0.05, 0.1) is 55.1 Å². The monoisotopic (exact) mass is 564 g/mol. The summed E-state index contributed by atoms with van der Waals surface area (Å²) in [6.07, 6.45) is 2.09. The molecule has 0 fully saturated rings. The first-order valence-corrected chi connectivity index (χ1v) is 12.9. The Morgan fingerprint density at radius 2 is 1.64 bits per heavy atom. The molecular weight excluding hydrogens is 531 g/mol. The number of benzene rings is 2. The second kappa shape index (κ2) is 18.8. The van der Waals surface area contributed by atoms with E-state index in [1.807, 2.05) is 6.07 Å². The molecule has 0 aliphatic carbocycles. The number of aromatic hydroxyl groups is 1. The van der Waals surface area contributed by atoms with E-state index < -0.39 is 5.97 Å². The van der Waals surface area contributed by atoms with Gasteiger partial charge in [-0.2, -0.15) is 0 Å². The van der Waals surface area contributed by atoms with Gasteiger partial charge in [-0.3, -0.25) is 4.79 Å². The maximum absolute atomic E-state index is 12.5. The van der Waals surface area contributed by atoms with Crippen LogP contribution in [0.2, 0.25) is 0 Å². The number of carbonyl (C=O) groups is 2. The number of phenolic OH excluding ortho intramolecular Hbond substituents is 1. The van der Waals surface area contributed by atoms with Crippen LogP contribution >= 0.6 is 11.8 Å². The summed E-state index contributed by atoms with van der Waals surface area (Å²) in [7, 11) is 0. The second-order valence-electron chi connectivity index (χ2n) is 7.78. The fourth-order valence-corrected chi connectivity index (χ4v) is 3.83. The number of phenols is 1. The average Bonchev–Trinajstić information content (AvgIpc) is 2.95. The van der Waals surface area contributed by atoms with Gasteiger partial charge in [0, 0.05) is 16.8 Å². The van der Waals surface area contributed by atoms with Crippen LogP contribution in [0.1, 0.15) is 12.5 Å². The van der Waals surface area contributed by atoms with Crippen LogP contribution < -0.4 is 15.8 Å². The molecule has 0 saturated heterocycles. The lowest BCUT2D eigenvalue weighted by atomic mass is 10.2. The number of ether oxygens (including phenoxy) is 4. The largest absolute Gasteiger partial charge is 0.504 e. The molecule has 0 heterocycles. The number of aldehydes is 1. The number of hydrogen-bond donors (Lipinski definition) is 3. The van der Waals surface area contributed by atoms with E-state index in [9.17, 15) is 19.2 Å². The van der Waals surface area contributed by atoms with E-state index in [1.165, 1.54) is 19.1 Å². The van der Waals surface area contributed by atoms with Crippen LogP contribution in [0, 0.1) is 0 Å². The highest BCUT2D eigenvalue weighted by Gasteiger charge is 2.16. The zero-order valence-corrected chi connectivity index (χ0v) is 22.4. The molecule has 0 bridgehead atoms. The molecule has 0 aliphatic heterocycles. The Balaban J connectivity index is 1.91. The molecule has 2 rings (SSSR count). The average molecular weight is 565 g/mol. The van der Waals surface area contributed by atoms with Crippen molar-refractivity contribution in [3.63, 3.8) is 0 Å². The van der Waals surface area contributed by atoms with Crippen LogP contribution in [0.25, 0.3) is 6.08 Å². The van der Waals surface area contributed by atoms with E-state index >= 15 is 0 Å². The first-order valence-electron chi connectivity index (χ1n) is 12.1. The predicted octanol–water partition coefficient (Wildman–Crippen LogP) is 3.82. The third kappa shape index (κ3) is 12.3. The Morgan fingerprint density at radius 3 is 2.23 bits per heavy atom. The van der Waals surface area contributed by atoms with Crippen LogP contribution in [-0.2, 0) is 28.7 Å². The highest BCUT2D eigenvalue weighted by atomic mass is 32.2. The quantitative estimate of drug-likeness (QED) is 0.130. The third-order valence-corrected chi connectivity index (χ3v) is 5.93. The summed E-state index contributed by atoms with van der Waals surface area (Å²) >= 11 is 0.913. The summed E-state index contributed by atoms with van der Waals surface area (Å²) in [6, 6.07) is 13.5. The molecule has 0 saturated carbocycles. The number of rotatable bonds is 19. The van der Waals surface area contributed by atoms with Crippen molar-refractivity contribution in [2.75, 3.05) is 58.1 Å². The molecule has 2 aromatic rings. The number of nitrogens with one attached hydrogen (secondary N) is 1. The van der Waals surface area contributed by atoms with Crippen LogP contribution in [0.4, 0.5) is 10.2 Å². The molecule has 0 spiro atoms. The van der Waals surface area contributed by atoms with E-state index in [0.29, 0.717) is 63.7 Å². The SMILES string of the molecule is C/C(C(=O)OF)=C(/Nc1ccccc1)S/C(C=O)=C\c1ccc(OCCOCCOCCOCCN)c(O)c1. The van der Waals surface area contributed by atoms with Crippen LogP contribution in [0.3, 0.4) is 0 Å². The molecule has 0 aliphatic rings. The fraction of sp³-hybridized carbons (Fsp3) is 0.333.